The zero-order valence-electron chi connectivity index (χ0n) is 10.2. The summed E-state index contributed by atoms with van der Waals surface area (Å²) in [5.41, 5.74) is 0.762. The van der Waals surface area contributed by atoms with Crippen LogP contribution >= 0.6 is 0 Å². The molecule has 0 aliphatic carbocycles. The topological polar surface area (TPSA) is 37.3 Å². The minimum atomic E-state index is -1.17. The van der Waals surface area contributed by atoms with Crippen LogP contribution in [-0.2, 0) is 4.79 Å². The minimum Gasteiger partial charge on any atom is -0.481 e. The molecule has 0 heterocycles. The van der Waals surface area contributed by atoms with Crippen molar-refractivity contribution in [1.82, 2.24) is 0 Å². The molecule has 4 heteroatoms. The van der Waals surface area contributed by atoms with E-state index in [1.165, 1.54) is 36.4 Å². The monoisotopic (exact) mass is 262 g/mol. The highest BCUT2D eigenvalue weighted by Crippen LogP contribution is 2.28. The Morgan fingerprint density at radius 3 is 2.37 bits per heavy atom. The summed E-state index contributed by atoms with van der Waals surface area (Å²) in [6, 6.07) is 9.70. The predicted octanol–water partition coefficient (Wildman–Crippen LogP) is 3.49. The lowest BCUT2D eigenvalue weighted by molar-refractivity contribution is -0.137. The fourth-order valence-corrected chi connectivity index (χ4v) is 2.01. The largest absolute Gasteiger partial charge is 0.481 e. The van der Waals surface area contributed by atoms with Crippen molar-refractivity contribution in [3.05, 3.63) is 70.8 Å². The molecule has 0 radical (unpaired) electrons. The average molecular weight is 262 g/mol. The van der Waals surface area contributed by atoms with E-state index < -0.39 is 23.5 Å². The summed E-state index contributed by atoms with van der Waals surface area (Å²) in [4.78, 5) is 11.4. The Kier molecular flexibility index (Phi) is 3.60. The molecule has 98 valence electrons. The highest BCUT2D eigenvalue weighted by molar-refractivity contribution is 5.80. The molecule has 0 aromatic heterocycles. The van der Waals surface area contributed by atoms with E-state index >= 15 is 0 Å². The SMILES string of the molecule is Cc1cc(C(C(=O)O)c2ccccc2F)ccc1F. The number of carbonyl (C=O) groups is 1. The molecule has 2 nitrogen and oxygen atoms in total. The smallest absolute Gasteiger partial charge is 0.315 e. The maximum Gasteiger partial charge on any atom is 0.315 e. The summed E-state index contributed by atoms with van der Waals surface area (Å²) in [5, 5.41) is 9.30. The minimum absolute atomic E-state index is 0.0704. The highest BCUT2D eigenvalue weighted by atomic mass is 19.1. The molecule has 1 unspecified atom stereocenters. The van der Waals surface area contributed by atoms with Gasteiger partial charge in [0.2, 0.25) is 0 Å². The first kappa shape index (κ1) is 13.2. The van der Waals surface area contributed by atoms with Crippen LogP contribution in [0.3, 0.4) is 0 Å². The lowest BCUT2D eigenvalue weighted by Crippen LogP contribution is -2.15. The Morgan fingerprint density at radius 2 is 1.79 bits per heavy atom. The molecule has 0 amide bonds. The molecule has 19 heavy (non-hydrogen) atoms. The number of benzene rings is 2. The van der Waals surface area contributed by atoms with Crippen molar-refractivity contribution in [2.24, 2.45) is 0 Å². The Bertz CT molecular complexity index is 623. The van der Waals surface area contributed by atoms with Crippen molar-refractivity contribution < 1.29 is 18.7 Å². The summed E-state index contributed by atoms with van der Waals surface area (Å²) in [5.74, 6) is -3.31. The van der Waals surface area contributed by atoms with E-state index in [4.69, 9.17) is 0 Å². The van der Waals surface area contributed by atoms with Crippen LogP contribution in [0, 0.1) is 18.6 Å². The average Bonchev–Trinajstić information content (AvgIpc) is 2.36. The van der Waals surface area contributed by atoms with Crippen LogP contribution < -0.4 is 0 Å². The number of carboxylic acid groups (broad SMARTS) is 1. The van der Waals surface area contributed by atoms with Crippen LogP contribution in [0.5, 0.6) is 0 Å². The number of rotatable bonds is 3. The molecule has 2 rings (SSSR count). The molecule has 0 aliphatic rings. The second kappa shape index (κ2) is 5.18. The third-order valence-corrected chi connectivity index (χ3v) is 2.98. The van der Waals surface area contributed by atoms with E-state index in [1.54, 1.807) is 13.0 Å². The van der Waals surface area contributed by atoms with Gasteiger partial charge in [0.05, 0.1) is 0 Å². The third kappa shape index (κ3) is 2.62. The Hall–Kier alpha value is -2.23. The molecule has 0 spiro atoms. The zero-order valence-corrected chi connectivity index (χ0v) is 10.2. The van der Waals surface area contributed by atoms with Crippen LogP contribution in [0.15, 0.2) is 42.5 Å². The lowest BCUT2D eigenvalue weighted by Gasteiger charge is -2.14. The van der Waals surface area contributed by atoms with Crippen LogP contribution in [0.1, 0.15) is 22.6 Å². The molecule has 0 saturated heterocycles. The van der Waals surface area contributed by atoms with Crippen LogP contribution in [0.4, 0.5) is 8.78 Å². The van der Waals surface area contributed by atoms with Crippen LogP contribution in [-0.4, -0.2) is 11.1 Å². The summed E-state index contributed by atoms with van der Waals surface area (Å²) in [6.45, 7) is 1.54. The number of hydrogen-bond donors (Lipinski definition) is 1. The molecule has 0 bridgehead atoms. The van der Waals surface area contributed by atoms with Crippen molar-refractivity contribution >= 4 is 5.97 Å². The van der Waals surface area contributed by atoms with Crippen molar-refractivity contribution in [1.29, 1.82) is 0 Å². The standard InChI is InChI=1S/C15H12F2O2/c1-9-8-10(6-7-12(9)16)14(15(18)19)11-4-2-3-5-13(11)17/h2-8,14H,1H3,(H,18,19). The summed E-state index contributed by atoms with van der Waals surface area (Å²) < 4.78 is 27.0. The number of carboxylic acids is 1. The van der Waals surface area contributed by atoms with Gasteiger partial charge in [-0.05, 0) is 30.2 Å². The molecule has 1 N–H and O–H groups in total. The summed E-state index contributed by atoms with van der Waals surface area (Å²) in [6.07, 6.45) is 0. The first-order chi connectivity index (χ1) is 9.00. The van der Waals surface area contributed by atoms with Crippen molar-refractivity contribution in [3.63, 3.8) is 0 Å². The molecular formula is C15H12F2O2. The van der Waals surface area contributed by atoms with Crippen molar-refractivity contribution in [3.8, 4) is 0 Å². The van der Waals surface area contributed by atoms with Gasteiger partial charge in [-0.1, -0.05) is 30.3 Å². The van der Waals surface area contributed by atoms with E-state index in [0.717, 1.165) is 0 Å². The molecule has 2 aromatic rings. The maximum atomic E-state index is 13.7. The first-order valence-corrected chi connectivity index (χ1v) is 5.74. The van der Waals surface area contributed by atoms with Crippen LogP contribution in [0.25, 0.3) is 0 Å². The maximum absolute atomic E-state index is 13.7. The number of aliphatic carboxylic acids is 1. The fourth-order valence-electron chi connectivity index (χ4n) is 2.01. The molecule has 0 saturated carbocycles. The van der Waals surface area contributed by atoms with Gasteiger partial charge in [0, 0.05) is 5.56 Å². The molecule has 2 aromatic carbocycles. The summed E-state index contributed by atoms with van der Waals surface area (Å²) >= 11 is 0. The lowest BCUT2D eigenvalue weighted by atomic mass is 9.90. The molecule has 0 fully saturated rings. The van der Waals surface area contributed by atoms with E-state index in [0.29, 0.717) is 11.1 Å². The van der Waals surface area contributed by atoms with Gasteiger partial charge in [-0.15, -0.1) is 0 Å². The van der Waals surface area contributed by atoms with Gasteiger partial charge in [-0.2, -0.15) is 0 Å². The third-order valence-electron chi connectivity index (χ3n) is 2.98. The Balaban J connectivity index is 2.55. The zero-order chi connectivity index (χ0) is 14.0. The van der Waals surface area contributed by atoms with Crippen molar-refractivity contribution in [2.75, 3.05) is 0 Å². The van der Waals surface area contributed by atoms with Gasteiger partial charge < -0.3 is 5.11 Å². The van der Waals surface area contributed by atoms with E-state index in [1.807, 2.05) is 0 Å². The predicted molar refractivity (Wildman–Crippen MR) is 67.0 cm³/mol. The Morgan fingerprint density at radius 1 is 1.11 bits per heavy atom. The van der Waals surface area contributed by atoms with Gasteiger partial charge in [-0.25, -0.2) is 8.78 Å². The number of hydrogen-bond acceptors (Lipinski definition) is 1. The van der Waals surface area contributed by atoms with Crippen molar-refractivity contribution in [2.45, 2.75) is 12.8 Å². The van der Waals surface area contributed by atoms with Gasteiger partial charge in [-0.3, -0.25) is 4.79 Å². The fraction of sp³-hybridized carbons (Fsp3) is 0.133. The quantitative estimate of drug-likeness (QED) is 0.919. The molecule has 0 aliphatic heterocycles. The molecule has 1 atom stereocenters. The molecular weight excluding hydrogens is 250 g/mol. The van der Waals surface area contributed by atoms with Gasteiger partial charge in [0.1, 0.15) is 17.6 Å². The van der Waals surface area contributed by atoms with E-state index in [-0.39, 0.29) is 5.56 Å². The van der Waals surface area contributed by atoms with Gasteiger partial charge >= 0.3 is 5.97 Å². The summed E-state index contributed by atoms with van der Waals surface area (Å²) in [7, 11) is 0. The van der Waals surface area contributed by atoms with Gasteiger partial charge in [0.25, 0.3) is 0 Å². The van der Waals surface area contributed by atoms with E-state index in [9.17, 15) is 18.7 Å². The number of halogens is 2. The second-order valence-electron chi connectivity index (χ2n) is 4.30. The van der Waals surface area contributed by atoms with E-state index in [2.05, 4.69) is 0 Å². The van der Waals surface area contributed by atoms with Gasteiger partial charge in [0.15, 0.2) is 0 Å². The number of aryl methyl sites for hydroxylation is 1. The first-order valence-electron chi connectivity index (χ1n) is 5.74. The second-order valence-corrected chi connectivity index (χ2v) is 4.30. The highest BCUT2D eigenvalue weighted by Gasteiger charge is 2.25. The normalized spacial score (nSPS) is 12.2. The Labute approximate surface area is 109 Å². The van der Waals surface area contributed by atoms with Crippen LogP contribution in [0.2, 0.25) is 0 Å².